The third-order valence-electron chi connectivity index (χ3n) is 3.69. The molecular weight excluding hydrogens is 286 g/mol. The number of carboxylic acids is 1. The fourth-order valence-corrected chi connectivity index (χ4v) is 1.61. The molecule has 0 bridgehead atoms. The number of hydrogen-bond donors (Lipinski definition) is 2. The SMILES string of the molecule is COCCC(C)(C)OCC(C)C(C)(C)NC(=O)C=CC(=O)O. The molecule has 0 heterocycles. The van der Waals surface area contributed by atoms with Gasteiger partial charge in [-0.1, -0.05) is 6.92 Å². The minimum absolute atomic E-state index is 0.0523. The van der Waals surface area contributed by atoms with Gasteiger partial charge in [-0.25, -0.2) is 4.79 Å². The highest BCUT2D eigenvalue weighted by molar-refractivity contribution is 5.94. The van der Waals surface area contributed by atoms with Gasteiger partial charge < -0.3 is 19.9 Å². The van der Waals surface area contributed by atoms with Gasteiger partial charge in [-0.3, -0.25) is 4.79 Å². The van der Waals surface area contributed by atoms with Crippen LogP contribution in [0, 0.1) is 5.92 Å². The molecule has 0 aromatic heterocycles. The number of methoxy groups -OCH3 is 1. The van der Waals surface area contributed by atoms with Crippen LogP contribution in [0.15, 0.2) is 12.2 Å². The molecule has 128 valence electrons. The lowest BCUT2D eigenvalue weighted by Gasteiger charge is -2.35. The molecule has 6 nitrogen and oxygen atoms in total. The molecular formula is C16H29NO5. The Bertz CT molecular complexity index is 401. The van der Waals surface area contributed by atoms with Crippen LogP contribution >= 0.6 is 0 Å². The summed E-state index contributed by atoms with van der Waals surface area (Å²) in [5.41, 5.74) is -0.815. The average Bonchev–Trinajstić information content (AvgIpc) is 2.40. The molecule has 2 N–H and O–H groups in total. The van der Waals surface area contributed by atoms with Crippen LogP contribution in [0.25, 0.3) is 0 Å². The van der Waals surface area contributed by atoms with E-state index >= 15 is 0 Å². The number of carboxylic acid groups (broad SMARTS) is 1. The summed E-state index contributed by atoms with van der Waals surface area (Å²) in [4.78, 5) is 22.1. The highest BCUT2D eigenvalue weighted by Gasteiger charge is 2.29. The molecule has 0 radical (unpaired) electrons. The van der Waals surface area contributed by atoms with Crippen molar-refractivity contribution in [1.29, 1.82) is 0 Å². The van der Waals surface area contributed by atoms with Gasteiger partial charge in [0.1, 0.15) is 0 Å². The van der Waals surface area contributed by atoms with E-state index < -0.39 is 17.4 Å². The van der Waals surface area contributed by atoms with Crippen LogP contribution in [0.1, 0.15) is 41.0 Å². The highest BCUT2D eigenvalue weighted by Crippen LogP contribution is 2.21. The molecule has 0 aromatic rings. The van der Waals surface area contributed by atoms with Gasteiger partial charge in [0.05, 0.1) is 12.2 Å². The zero-order valence-electron chi connectivity index (χ0n) is 14.4. The molecule has 0 spiro atoms. The summed E-state index contributed by atoms with van der Waals surface area (Å²) in [6.07, 6.45) is 2.62. The maximum absolute atomic E-state index is 11.7. The van der Waals surface area contributed by atoms with E-state index in [1.54, 1.807) is 7.11 Å². The second-order valence-corrected chi connectivity index (χ2v) is 6.60. The van der Waals surface area contributed by atoms with Crippen molar-refractivity contribution in [3.63, 3.8) is 0 Å². The number of carbonyl (C=O) groups is 2. The Morgan fingerprint density at radius 2 is 1.82 bits per heavy atom. The van der Waals surface area contributed by atoms with Crippen molar-refractivity contribution in [2.75, 3.05) is 20.3 Å². The van der Waals surface area contributed by atoms with E-state index in [1.807, 2.05) is 34.6 Å². The van der Waals surface area contributed by atoms with E-state index in [9.17, 15) is 9.59 Å². The van der Waals surface area contributed by atoms with Gasteiger partial charge in [0.25, 0.3) is 0 Å². The maximum atomic E-state index is 11.7. The predicted octanol–water partition coefficient (Wildman–Crippen LogP) is 1.99. The molecule has 0 saturated carbocycles. The molecule has 0 saturated heterocycles. The summed E-state index contributed by atoms with van der Waals surface area (Å²) < 4.78 is 11.0. The van der Waals surface area contributed by atoms with E-state index in [0.717, 1.165) is 18.6 Å². The van der Waals surface area contributed by atoms with E-state index in [2.05, 4.69) is 5.32 Å². The first kappa shape index (κ1) is 20.6. The number of amides is 1. The Morgan fingerprint density at radius 3 is 2.32 bits per heavy atom. The van der Waals surface area contributed by atoms with Crippen molar-refractivity contribution in [3.8, 4) is 0 Å². The maximum Gasteiger partial charge on any atom is 0.328 e. The van der Waals surface area contributed by atoms with Crippen LogP contribution in [-0.2, 0) is 19.1 Å². The molecule has 1 amide bonds. The first-order valence-corrected chi connectivity index (χ1v) is 7.36. The third-order valence-corrected chi connectivity index (χ3v) is 3.69. The largest absolute Gasteiger partial charge is 0.478 e. The number of aliphatic carboxylic acids is 1. The van der Waals surface area contributed by atoms with Crippen molar-refractivity contribution in [2.45, 2.75) is 52.2 Å². The fourth-order valence-electron chi connectivity index (χ4n) is 1.61. The summed E-state index contributed by atoms with van der Waals surface area (Å²) in [5, 5.41) is 11.3. The topological polar surface area (TPSA) is 84.9 Å². The smallest absolute Gasteiger partial charge is 0.328 e. The molecule has 1 unspecified atom stereocenters. The quantitative estimate of drug-likeness (QED) is 0.602. The molecule has 0 aliphatic carbocycles. The Balaban J connectivity index is 4.46. The van der Waals surface area contributed by atoms with Crippen LogP contribution in [0.5, 0.6) is 0 Å². The lowest BCUT2D eigenvalue weighted by Crippen LogP contribution is -2.49. The molecule has 0 aliphatic rings. The first-order valence-electron chi connectivity index (χ1n) is 7.36. The minimum Gasteiger partial charge on any atom is -0.478 e. The summed E-state index contributed by atoms with van der Waals surface area (Å²) in [5.74, 6) is -1.53. The number of nitrogens with one attached hydrogen (secondary N) is 1. The number of hydrogen-bond acceptors (Lipinski definition) is 4. The van der Waals surface area contributed by atoms with Crippen LogP contribution in [0.4, 0.5) is 0 Å². The molecule has 1 atom stereocenters. The van der Waals surface area contributed by atoms with Crippen molar-refractivity contribution in [3.05, 3.63) is 12.2 Å². The molecule has 6 heteroatoms. The van der Waals surface area contributed by atoms with Gasteiger partial charge in [0.2, 0.25) is 5.91 Å². The summed E-state index contributed by atoms with van der Waals surface area (Å²) in [7, 11) is 1.65. The molecule has 0 fully saturated rings. The van der Waals surface area contributed by atoms with Gasteiger partial charge >= 0.3 is 5.97 Å². The molecule has 0 rings (SSSR count). The average molecular weight is 315 g/mol. The van der Waals surface area contributed by atoms with E-state index in [1.165, 1.54) is 0 Å². The number of ether oxygens (including phenoxy) is 2. The molecule has 0 aliphatic heterocycles. The zero-order valence-corrected chi connectivity index (χ0v) is 14.4. The number of rotatable bonds is 10. The van der Waals surface area contributed by atoms with E-state index in [-0.39, 0.29) is 11.5 Å². The zero-order chi connectivity index (χ0) is 17.4. The van der Waals surface area contributed by atoms with Gasteiger partial charge in [0, 0.05) is 37.3 Å². The first-order chi connectivity index (χ1) is 10.00. The summed E-state index contributed by atoms with van der Waals surface area (Å²) >= 11 is 0. The number of carbonyl (C=O) groups excluding carboxylic acids is 1. The van der Waals surface area contributed by atoms with Crippen LogP contribution < -0.4 is 5.32 Å². The Labute approximate surface area is 132 Å². The van der Waals surface area contributed by atoms with Crippen LogP contribution in [0.3, 0.4) is 0 Å². The standard InChI is InChI=1S/C16H29NO5/c1-12(11-22-15(2,3)9-10-21-6)16(4,5)17-13(18)7-8-14(19)20/h7-8,12H,9-11H2,1-6H3,(H,17,18)(H,19,20). The van der Waals surface area contributed by atoms with Gasteiger partial charge in [0.15, 0.2) is 0 Å². The minimum atomic E-state index is -1.15. The van der Waals surface area contributed by atoms with Crippen LogP contribution in [-0.4, -0.2) is 48.4 Å². The normalized spacial score (nSPS) is 14.1. The Kier molecular flexibility index (Phi) is 8.34. The van der Waals surface area contributed by atoms with E-state index in [4.69, 9.17) is 14.6 Å². The van der Waals surface area contributed by atoms with Gasteiger partial charge in [-0.2, -0.15) is 0 Å². The van der Waals surface area contributed by atoms with Crippen LogP contribution in [0.2, 0.25) is 0 Å². The van der Waals surface area contributed by atoms with Gasteiger partial charge in [-0.15, -0.1) is 0 Å². The van der Waals surface area contributed by atoms with Crippen molar-refractivity contribution >= 4 is 11.9 Å². The van der Waals surface area contributed by atoms with Crippen molar-refractivity contribution in [1.82, 2.24) is 5.32 Å². The van der Waals surface area contributed by atoms with Gasteiger partial charge in [-0.05, 0) is 34.1 Å². The Morgan fingerprint density at radius 1 is 1.23 bits per heavy atom. The monoisotopic (exact) mass is 315 g/mol. The predicted molar refractivity (Wildman–Crippen MR) is 84.7 cm³/mol. The second kappa shape index (κ2) is 8.90. The lowest BCUT2D eigenvalue weighted by molar-refractivity contribution is -0.131. The van der Waals surface area contributed by atoms with E-state index in [0.29, 0.717) is 13.2 Å². The molecule has 0 aromatic carbocycles. The van der Waals surface area contributed by atoms with Crippen molar-refractivity contribution in [2.24, 2.45) is 5.92 Å². The lowest BCUT2D eigenvalue weighted by atomic mass is 9.89. The Hall–Kier alpha value is -1.40. The summed E-state index contributed by atoms with van der Waals surface area (Å²) in [6.45, 7) is 10.9. The second-order valence-electron chi connectivity index (χ2n) is 6.60. The van der Waals surface area contributed by atoms with Crippen molar-refractivity contribution < 1.29 is 24.2 Å². The summed E-state index contributed by atoms with van der Waals surface area (Å²) in [6, 6.07) is 0. The molecule has 22 heavy (non-hydrogen) atoms. The fraction of sp³-hybridized carbons (Fsp3) is 0.750. The highest BCUT2D eigenvalue weighted by atomic mass is 16.5. The third kappa shape index (κ3) is 8.79.